The van der Waals surface area contributed by atoms with E-state index in [1.54, 1.807) is 0 Å². The maximum absolute atomic E-state index is 13.2. The van der Waals surface area contributed by atoms with E-state index in [4.69, 9.17) is 4.42 Å². The Morgan fingerprint density at radius 1 is 1.10 bits per heavy atom. The molecule has 0 bridgehead atoms. The fourth-order valence-corrected chi connectivity index (χ4v) is 5.72. The molecule has 1 aromatic heterocycles. The Labute approximate surface area is 240 Å². The first-order valence-corrected chi connectivity index (χ1v) is 14.2. The van der Waals surface area contributed by atoms with E-state index in [1.165, 1.54) is 24.0 Å². The smallest absolute Gasteiger partial charge is 0.422 e. The SMILES string of the molecule is CC.CC[C@H]1CN(c2ccc3c4c(c(=O)oc3c2C)CN(C(=O)c2ccc(C)c(OC(F)(F)F)c2)CC4)CCN1C.[HH]. The van der Waals surface area contributed by atoms with Crippen LogP contribution < -0.4 is 15.3 Å². The number of benzene rings is 2. The fourth-order valence-electron chi connectivity index (χ4n) is 5.72. The minimum Gasteiger partial charge on any atom is -0.422 e. The molecule has 0 radical (unpaired) electrons. The molecule has 3 aromatic rings. The van der Waals surface area contributed by atoms with Crippen molar-refractivity contribution in [1.82, 2.24) is 9.80 Å². The first-order valence-electron chi connectivity index (χ1n) is 14.2. The van der Waals surface area contributed by atoms with Gasteiger partial charge in [-0.05, 0) is 69.1 Å². The van der Waals surface area contributed by atoms with Crippen molar-refractivity contribution < 1.29 is 28.5 Å². The Bertz CT molecular complexity index is 1490. The summed E-state index contributed by atoms with van der Waals surface area (Å²) in [6.07, 6.45) is -3.38. The van der Waals surface area contributed by atoms with E-state index in [1.807, 2.05) is 26.8 Å². The number of anilines is 1. The quantitative estimate of drug-likeness (QED) is 0.340. The van der Waals surface area contributed by atoms with E-state index in [0.29, 0.717) is 30.2 Å². The van der Waals surface area contributed by atoms with Crippen molar-refractivity contribution in [2.75, 3.05) is 38.1 Å². The fraction of sp³-hybridized carbons (Fsp3) is 0.484. The molecule has 0 spiro atoms. The lowest BCUT2D eigenvalue weighted by Gasteiger charge is -2.41. The van der Waals surface area contributed by atoms with Crippen molar-refractivity contribution in [3.63, 3.8) is 0 Å². The van der Waals surface area contributed by atoms with E-state index in [9.17, 15) is 22.8 Å². The molecule has 0 unspecified atom stereocenters. The third-order valence-electron chi connectivity index (χ3n) is 8.03. The molecule has 0 saturated carbocycles. The third kappa shape index (κ3) is 6.22. The summed E-state index contributed by atoms with van der Waals surface area (Å²) in [6, 6.07) is 8.51. The van der Waals surface area contributed by atoms with Crippen LogP contribution in [0.25, 0.3) is 11.0 Å². The lowest BCUT2D eigenvalue weighted by Crippen LogP contribution is -2.51. The van der Waals surface area contributed by atoms with Crippen LogP contribution in [0, 0.1) is 13.8 Å². The van der Waals surface area contributed by atoms with E-state index >= 15 is 0 Å². The molecular weight excluding hydrogens is 535 g/mol. The number of amides is 1. The Hall–Kier alpha value is -3.53. The van der Waals surface area contributed by atoms with Gasteiger partial charge in [0.05, 0.1) is 12.1 Å². The second kappa shape index (κ2) is 12.1. The summed E-state index contributed by atoms with van der Waals surface area (Å²) in [7, 11) is 2.15. The highest BCUT2D eigenvalue weighted by Gasteiger charge is 2.33. The number of hydrogen-bond donors (Lipinski definition) is 0. The first kappa shape index (κ1) is 30.4. The van der Waals surface area contributed by atoms with Crippen LogP contribution in [0.2, 0.25) is 0 Å². The molecule has 0 N–H and O–H groups in total. The number of rotatable bonds is 4. The molecule has 5 rings (SSSR count). The molecule has 1 amide bonds. The maximum atomic E-state index is 13.2. The summed E-state index contributed by atoms with van der Waals surface area (Å²) in [6.45, 7) is 12.7. The summed E-state index contributed by atoms with van der Waals surface area (Å²) in [5.41, 5.74) is 3.63. The average Bonchev–Trinajstić information content (AvgIpc) is 2.95. The molecule has 2 aliphatic heterocycles. The second-order valence-corrected chi connectivity index (χ2v) is 10.4. The normalized spacial score (nSPS) is 17.6. The number of fused-ring (bicyclic) bond motifs is 3. The first-order chi connectivity index (χ1) is 19.5. The Morgan fingerprint density at radius 2 is 1.83 bits per heavy atom. The molecule has 1 fully saturated rings. The zero-order chi connectivity index (χ0) is 30.1. The number of carbonyl (C=O) groups is 1. The number of carbonyl (C=O) groups excluding carboxylic acids is 1. The summed E-state index contributed by atoms with van der Waals surface area (Å²) in [5.74, 6) is -0.896. The highest BCUT2D eigenvalue weighted by atomic mass is 19.4. The van der Waals surface area contributed by atoms with Crippen LogP contribution in [0.15, 0.2) is 39.5 Å². The van der Waals surface area contributed by atoms with Gasteiger partial charge in [-0.15, -0.1) is 13.2 Å². The van der Waals surface area contributed by atoms with Gasteiger partial charge in [0.2, 0.25) is 0 Å². The molecule has 10 heteroatoms. The Balaban J connectivity index is 0.00000158. The summed E-state index contributed by atoms with van der Waals surface area (Å²) in [5, 5.41) is 0.857. The van der Waals surface area contributed by atoms with Crippen molar-refractivity contribution in [2.24, 2.45) is 0 Å². The van der Waals surface area contributed by atoms with Gasteiger partial charge in [0.25, 0.3) is 5.91 Å². The summed E-state index contributed by atoms with van der Waals surface area (Å²) < 4.78 is 48.3. The van der Waals surface area contributed by atoms with Gasteiger partial charge in [0, 0.05) is 55.8 Å². The lowest BCUT2D eigenvalue weighted by molar-refractivity contribution is -0.274. The van der Waals surface area contributed by atoms with Gasteiger partial charge >= 0.3 is 12.0 Å². The van der Waals surface area contributed by atoms with Gasteiger partial charge in [-0.25, -0.2) is 4.79 Å². The van der Waals surface area contributed by atoms with Crippen LogP contribution in [0.4, 0.5) is 18.9 Å². The summed E-state index contributed by atoms with van der Waals surface area (Å²) >= 11 is 0. The van der Waals surface area contributed by atoms with Crippen LogP contribution in [-0.2, 0) is 13.0 Å². The number of nitrogens with zero attached hydrogens (tertiary/aromatic N) is 3. The van der Waals surface area contributed by atoms with Gasteiger partial charge in [-0.1, -0.05) is 26.8 Å². The number of halogens is 3. The number of likely N-dealkylation sites (N-methyl/N-ethyl adjacent to an activating group) is 1. The predicted molar refractivity (Wildman–Crippen MR) is 156 cm³/mol. The van der Waals surface area contributed by atoms with Crippen molar-refractivity contribution in [3.8, 4) is 5.75 Å². The topological polar surface area (TPSA) is 66.2 Å². The third-order valence-corrected chi connectivity index (χ3v) is 8.03. The molecule has 224 valence electrons. The number of aryl methyl sites for hydroxylation is 2. The average molecular weight is 576 g/mol. The van der Waals surface area contributed by atoms with Gasteiger partial charge in [0.15, 0.2) is 0 Å². The zero-order valence-corrected chi connectivity index (χ0v) is 24.5. The number of piperazine rings is 1. The summed E-state index contributed by atoms with van der Waals surface area (Å²) in [4.78, 5) is 32.5. The van der Waals surface area contributed by atoms with Crippen molar-refractivity contribution >= 4 is 22.6 Å². The van der Waals surface area contributed by atoms with Gasteiger partial charge < -0.3 is 19.0 Å². The van der Waals surface area contributed by atoms with E-state index in [-0.39, 0.29) is 19.1 Å². The highest BCUT2D eigenvalue weighted by Crippen LogP contribution is 2.34. The van der Waals surface area contributed by atoms with Gasteiger partial charge in [-0.3, -0.25) is 9.69 Å². The molecular formula is C31H40F3N3O4. The standard InChI is InChI=1S/C29H32F3N3O4.C2H6.H2/c1-5-20-15-34(13-12-33(20)4)24-9-8-22-21-10-11-35(16-23(21)28(37)38-26(22)18(24)3)27(36)19-7-6-17(2)25(14-19)39-29(30,31)32;1-2;/h6-9,14,20H,5,10-13,15-16H2,1-4H3;1-2H3;1H/t20-;;/m0../s1. The molecule has 7 nitrogen and oxygen atoms in total. The minimum absolute atomic E-state index is 0. The van der Waals surface area contributed by atoms with Gasteiger partial charge in [0.1, 0.15) is 11.3 Å². The second-order valence-electron chi connectivity index (χ2n) is 10.4. The molecule has 3 heterocycles. The van der Waals surface area contributed by atoms with Crippen molar-refractivity contribution in [3.05, 3.63) is 68.6 Å². The largest absolute Gasteiger partial charge is 0.573 e. The van der Waals surface area contributed by atoms with Crippen LogP contribution in [0.5, 0.6) is 5.75 Å². The van der Waals surface area contributed by atoms with Crippen molar-refractivity contribution in [2.45, 2.75) is 66.4 Å². The van der Waals surface area contributed by atoms with E-state index < -0.39 is 23.6 Å². The molecule has 1 saturated heterocycles. The zero-order valence-electron chi connectivity index (χ0n) is 24.5. The Kier molecular flexibility index (Phi) is 9.01. The highest BCUT2D eigenvalue weighted by molar-refractivity contribution is 5.95. The van der Waals surface area contributed by atoms with Crippen LogP contribution in [0.1, 0.15) is 61.2 Å². The monoisotopic (exact) mass is 575 g/mol. The van der Waals surface area contributed by atoms with Gasteiger partial charge in [-0.2, -0.15) is 0 Å². The maximum Gasteiger partial charge on any atom is 0.573 e. The Morgan fingerprint density at radius 3 is 2.51 bits per heavy atom. The van der Waals surface area contributed by atoms with E-state index in [0.717, 1.165) is 54.3 Å². The van der Waals surface area contributed by atoms with Crippen molar-refractivity contribution in [1.29, 1.82) is 0 Å². The molecule has 41 heavy (non-hydrogen) atoms. The van der Waals surface area contributed by atoms with Crippen LogP contribution in [0.3, 0.4) is 0 Å². The molecule has 2 aromatic carbocycles. The molecule has 1 atom stereocenters. The van der Waals surface area contributed by atoms with Crippen LogP contribution >= 0.6 is 0 Å². The molecule has 2 aliphatic rings. The van der Waals surface area contributed by atoms with Crippen LogP contribution in [-0.4, -0.2) is 61.3 Å². The lowest BCUT2D eigenvalue weighted by atomic mass is 9.95. The number of alkyl halides is 3. The minimum atomic E-state index is -4.86. The molecule has 0 aliphatic carbocycles. The van der Waals surface area contributed by atoms with E-state index in [2.05, 4.69) is 34.6 Å². The number of ether oxygens (including phenoxy) is 1. The predicted octanol–water partition coefficient (Wildman–Crippen LogP) is 6.31. The number of hydrogen-bond acceptors (Lipinski definition) is 6.